The molecule has 1 aromatic heterocycles. The van der Waals surface area contributed by atoms with Crippen LogP contribution in [0.3, 0.4) is 0 Å². The lowest BCUT2D eigenvalue weighted by Crippen LogP contribution is -2.31. The van der Waals surface area contributed by atoms with E-state index >= 15 is 0 Å². The molecule has 0 aliphatic heterocycles. The molecular formula is C16H23N3O2S. The SMILES string of the molecule is COc1ccc(C)c2sc(N(CCCN(C)C)C(C)=O)nc12. The van der Waals surface area contributed by atoms with Gasteiger partial charge in [0.05, 0.1) is 11.8 Å². The number of carbonyl (C=O) groups excluding carboxylic acids is 1. The van der Waals surface area contributed by atoms with Gasteiger partial charge in [0.2, 0.25) is 5.91 Å². The van der Waals surface area contributed by atoms with E-state index in [0.29, 0.717) is 6.54 Å². The summed E-state index contributed by atoms with van der Waals surface area (Å²) in [6.45, 7) is 5.26. The predicted molar refractivity (Wildman–Crippen MR) is 92.1 cm³/mol. The van der Waals surface area contributed by atoms with Crippen molar-refractivity contribution in [3.63, 3.8) is 0 Å². The molecule has 0 radical (unpaired) electrons. The molecule has 0 atom stereocenters. The second-order valence-corrected chi connectivity index (χ2v) is 6.56. The molecular weight excluding hydrogens is 298 g/mol. The van der Waals surface area contributed by atoms with Crippen LogP contribution >= 0.6 is 11.3 Å². The normalized spacial score (nSPS) is 11.2. The fourth-order valence-electron chi connectivity index (χ4n) is 2.31. The van der Waals surface area contributed by atoms with E-state index in [0.717, 1.165) is 39.6 Å². The lowest BCUT2D eigenvalue weighted by molar-refractivity contribution is -0.116. The van der Waals surface area contributed by atoms with Crippen molar-refractivity contribution in [2.45, 2.75) is 20.3 Å². The number of benzene rings is 1. The Labute approximate surface area is 135 Å². The Balaban J connectivity index is 2.34. The molecule has 0 fully saturated rings. The summed E-state index contributed by atoms with van der Waals surface area (Å²) in [7, 11) is 5.71. The van der Waals surface area contributed by atoms with E-state index in [9.17, 15) is 4.79 Å². The minimum absolute atomic E-state index is 0.0226. The number of aromatic nitrogens is 1. The first-order valence-corrected chi connectivity index (χ1v) is 8.12. The topological polar surface area (TPSA) is 45.7 Å². The number of hydrogen-bond acceptors (Lipinski definition) is 5. The van der Waals surface area contributed by atoms with Gasteiger partial charge in [0.25, 0.3) is 0 Å². The van der Waals surface area contributed by atoms with E-state index in [2.05, 4.69) is 9.88 Å². The van der Waals surface area contributed by atoms with Crippen molar-refractivity contribution in [2.24, 2.45) is 0 Å². The second-order valence-electron chi connectivity index (χ2n) is 5.59. The molecule has 6 heteroatoms. The number of methoxy groups -OCH3 is 1. The Kier molecular flexibility index (Phi) is 5.37. The third-order valence-electron chi connectivity index (χ3n) is 3.51. The molecule has 2 aromatic rings. The summed E-state index contributed by atoms with van der Waals surface area (Å²) in [4.78, 5) is 20.5. The molecule has 0 aliphatic rings. The van der Waals surface area contributed by atoms with E-state index in [1.165, 1.54) is 0 Å². The summed E-state index contributed by atoms with van der Waals surface area (Å²) >= 11 is 1.55. The lowest BCUT2D eigenvalue weighted by atomic mass is 10.2. The van der Waals surface area contributed by atoms with E-state index in [1.807, 2.05) is 33.2 Å². The molecule has 0 spiro atoms. The third-order valence-corrected chi connectivity index (χ3v) is 4.72. The van der Waals surface area contributed by atoms with Gasteiger partial charge in [-0.05, 0) is 45.6 Å². The van der Waals surface area contributed by atoms with Gasteiger partial charge in [-0.25, -0.2) is 4.98 Å². The van der Waals surface area contributed by atoms with Gasteiger partial charge in [0.1, 0.15) is 11.3 Å². The van der Waals surface area contributed by atoms with E-state index in [4.69, 9.17) is 4.74 Å². The Morgan fingerprint density at radius 2 is 2.05 bits per heavy atom. The number of nitrogens with zero attached hydrogens (tertiary/aromatic N) is 3. The number of ether oxygens (including phenoxy) is 1. The van der Waals surface area contributed by atoms with Crippen molar-refractivity contribution in [1.29, 1.82) is 0 Å². The predicted octanol–water partition coefficient (Wildman–Crippen LogP) is 2.92. The summed E-state index contributed by atoms with van der Waals surface area (Å²) in [6, 6.07) is 3.94. The summed E-state index contributed by atoms with van der Waals surface area (Å²) in [5, 5.41) is 0.744. The number of aryl methyl sites for hydroxylation is 1. The molecule has 1 amide bonds. The van der Waals surface area contributed by atoms with E-state index in [-0.39, 0.29) is 5.91 Å². The van der Waals surface area contributed by atoms with Crippen LogP contribution in [0.1, 0.15) is 18.9 Å². The minimum Gasteiger partial charge on any atom is -0.494 e. The van der Waals surface area contributed by atoms with Gasteiger partial charge in [-0.1, -0.05) is 17.4 Å². The van der Waals surface area contributed by atoms with Gasteiger partial charge in [0, 0.05) is 13.5 Å². The van der Waals surface area contributed by atoms with Crippen LogP contribution in [0.4, 0.5) is 5.13 Å². The largest absolute Gasteiger partial charge is 0.494 e. The fourth-order valence-corrected chi connectivity index (χ4v) is 3.43. The maximum Gasteiger partial charge on any atom is 0.225 e. The molecule has 120 valence electrons. The number of anilines is 1. The number of carbonyl (C=O) groups is 1. The third kappa shape index (κ3) is 3.56. The summed E-state index contributed by atoms with van der Waals surface area (Å²) < 4.78 is 6.46. The lowest BCUT2D eigenvalue weighted by Gasteiger charge is -2.19. The molecule has 1 aromatic carbocycles. The van der Waals surface area contributed by atoms with Gasteiger partial charge >= 0.3 is 0 Å². The number of fused-ring (bicyclic) bond motifs is 1. The average Bonchev–Trinajstić information content (AvgIpc) is 2.89. The Morgan fingerprint density at radius 3 is 2.64 bits per heavy atom. The van der Waals surface area contributed by atoms with Crippen LogP contribution in [0.2, 0.25) is 0 Å². The fraction of sp³-hybridized carbons (Fsp3) is 0.500. The molecule has 1 heterocycles. The van der Waals surface area contributed by atoms with E-state index in [1.54, 1.807) is 30.3 Å². The molecule has 0 saturated carbocycles. The Bertz CT molecular complexity index is 667. The van der Waals surface area contributed by atoms with Crippen molar-refractivity contribution in [1.82, 2.24) is 9.88 Å². The first kappa shape index (κ1) is 16.7. The molecule has 0 aliphatic carbocycles. The van der Waals surface area contributed by atoms with Crippen LogP contribution in [-0.4, -0.2) is 50.1 Å². The maximum atomic E-state index is 12.0. The standard InChI is InChI=1S/C16H23N3O2S/c1-11-7-8-13(21-5)14-15(11)22-16(17-14)19(12(2)20)10-6-9-18(3)4/h7-8H,6,9-10H2,1-5H3. The van der Waals surface area contributed by atoms with E-state index < -0.39 is 0 Å². The van der Waals surface area contributed by atoms with Crippen molar-refractivity contribution < 1.29 is 9.53 Å². The van der Waals surface area contributed by atoms with Crippen LogP contribution in [0.5, 0.6) is 5.75 Å². The van der Waals surface area contributed by atoms with Crippen molar-refractivity contribution in [2.75, 3.05) is 39.2 Å². The van der Waals surface area contributed by atoms with Crippen LogP contribution in [0.15, 0.2) is 12.1 Å². The summed E-state index contributed by atoms with van der Waals surface area (Å²) in [5.74, 6) is 0.773. The van der Waals surface area contributed by atoms with Crippen LogP contribution in [0, 0.1) is 6.92 Å². The molecule has 0 bridgehead atoms. The molecule has 0 N–H and O–H groups in total. The molecule has 22 heavy (non-hydrogen) atoms. The molecule has 2 rings (SSSR count). The number of hydrogen-bond donors (Lipinski definition) is 0. The summed E-state index contributed by atoms with van der Waals surface area (Å²) in [5.41, 5.74) is 1.98. The van der Waals surface area contributed by atoms with Gasteiger partial charge in [-0.2, -0.15) is 0 Å². The highest BCUT2D eigenvalue weighted by Crippen LogP contribution is 2.36. The highest BCUT2D eigenvalue weighted by molar-refractivity contribution is 7.22. The van der Waals surface area contributed by atoms with Gasteiger partial charge < -0.3 is 9.64 Å². The van der Waals surface area contributed by atoms with Crippen molar-refractivity contribution >= 4 is 32.6 Å². The zero-order valence-electron chi connectivity index (χ0n) is 13.8. The average molecular weight is 321 g/mol. The van der Waals surface area contributed by atoms with Crippen LogP contribution in [-0.2, 0) is 4.79 Å². The number of thiazole rings is 1. The highest BCUT2D eigenvalue weighted by Gasteiger charge is 2.18. The first-order chi connectivity index (χ1) is 10.4. The smallest absolute Gasteiger partial charge is 0.225 e. The molecule has 0 unspecified atom stereocenters. The highest BCUT2D eigenvalue weighted by atomic mass is 32.1. The van der Waals surface area contributed by atoms with Gasteiger partial charge in [-0.15, -0.1) is 0 Å². The zero-order valence-corrected chi connectivity index (χ0v) is 14.7. The quantitative estimate of drug-likeness (QED) is 0.821. The van der Waals surface area contributed by atoms with Crippen molar-refractivity contribution in [3.8, 4) is 5.75 Å². The molecule has 5 nitrogen and oxygen atoms in total. The Morgan fingerprint density at radius 1 is 1.32 bits per heavy atom. The van der Waals surface area contributed by atoms with Crippen LogP contribution in [0.25, 0.3) is 10.2 Å². The zero-order chi connectivity index (χ0) is 16.3. The number of rotatable bonds is 6. The second kappa shape index (κ2) is 7.07. The number of amides is 1. The van der Waals surface area contributed by atoms with Crippen LogP contribution < -0.4 is 9.64 Å². The van der Waals surface area contributed by atoms with Gasteiger partial charge in [0.15, 0.2) is 5.13 Å². The van der Waals surface area contributed by atoms with Crippen molar-refractivity contribution in [3.05, 3.63) is 17.7 Å². The minimum atomic E-state index is 0.0226. The molecule has 0 saturated heterocycles. The monoisotopic (exact) mass is 321 g/mol. The maximum absolute atomic E-state index is 12.0. The van der Waals surface area contributed by atoms with Gasteiger partial charge in [-0.3, -0.25) is 9.69 Å². The Hall–Kier alpha value is -1.66. The summed E-state index contributed by atoms with van der Waals surface area (Å²) in [6.07, 6.45) is 0.915. The first-order valence-electron chi connectivity index (χ1n) is 7.31.